The summed E-state index contributed by atoms with van der Waals surface area (Å²) in [6, 6.07) is 4.19. The Labute approximate surface area is 117 Å². The van der Waals surface area contributed by atoms with E-state index in [1.807, 2.05) is 22.9 Å². The average molecular weight is 278 g/mol. The van der Waals surface area contributed by atoms with Crippen molar-refractivity contribution < 1.29 is 19.1 Å². The maximum absolute atomic E-state index is 12.6. The van der Waals surface area contributed by atoms with Gasteiger partial charge in [0, 0.05) is 18.8 Å². The highest BCUT2D eigenvalue weighted by molar-refractivity contribution is 5.93. The average Bonchev–Trinajstić information content (AvgIpc) is 3.23. The van der Waals surface area contributed by atoms with Crippen molar-refractivity contribution in [2.24, 2.45) is 0 Å². The van der Waals surface area contributed by atoms with Crippen molar-refractivity contribution in [2.75, 3.05) is 26.8 Å². The molecule has 1 atom stereocenters. The Morgan fingerprint density at radius 2 is 2.20 bits per heavy atom. The van der Waals surface area contributed by atoms with Gasteiger partial charge in [-0.2, -0.15) is 0 Å². The molecule has 0 aromatic carbocycles. The van der Waals surface area contributed by atoms with Crippen molar-refractivity contribution in [3.63, 3.8) is 0 Å². The van der Waals surface area contributed by atoms with Crippen LogP contribution in [0, 0.1) is 0 Å². The summed E-state index contributed by atoms with van der Waals surface area (Å²) in [6.45, 7) is 1.11. The molecule has 1 aliphatic carbocycles. The smallest absolute Gasteiger partial charge is 0.336 e. The highest BCUT2D eigenvalue weighted by atomic mass is 16.6. The van der Waals surface area contributed by atoms with Crippen LogP contribution in [-0.2, 0) is 14.3 Å². The lowest BCUT2D eigenvalue weighted by atomic mass is 10.2. The molecular weight excluding hydrogens is 260 g/mol. The van der Waals surface area contributed by atoms with Crippen LogP contribution in [0.25, 0.3) is 0 Å². The molecular formula is C14H18N2O4. The largest absolute Gasteiger partial charge is 0.467 e. The summed E-state index contributed by atoms with van der Waals surface area (Å²) < 4.78 is 12.0. The highest BCUT2D eigenvalue weighted by Gasteiger charge is 2.33. The lowest BCUT2D eigenvalue weighted by Gasteiger charge is -2.31. The molecule has 0 spiro atoms. The van der Waals surface area contributed by atoms with Crippen molar-refractivity contribution >= 4 is 11.9 Å². The van der Waals surface area contributed by atoms with Gasteiger partial charge in [0.2, 0.25) is 0 Å². The zero-order valence-electron chi connectivity index (χ0n) is 11.4. The van der Waals surface area contributed by atoms with E-state index in [-0.39, 0.29) is 12.5 Å². The molecule has 0 bridgehead atoms. The molecule has 0 radical (unpaired) electrons. The second-order valence-corrected chi connectivity index (χ2v) is 5.17. The second-order valence-electron chi connectivity index (χ2n) is 5.17. The number of hydrogen-bond acceptors (Lipinski definition) is 4. The van der Waals surface area contributed by atoms with Crippen LogP contribution in [0.2, 0.25) is 0 Å². The van der Waals surface area contributed by atoms with E-state index in [9.17, 15) is 9.59 Å². The van der Waals surface area contributed by atoms with Crippen molar-refractivity contribution in [2.45, 2.75) is 25.0 Å². The van der Waals surface area contributed by atoms with E-state index in [2.05, 4.69) is 4.74 Å². The minimum atomic E-state index is -0.679. The molecule has 6 nitrogen and oxygen atoms in total. The fourth-order valence-corrected chi connectivity index (χ4v) is 2.52. The fourth-order valence-electron chi connectivity index (χ4n) is 2.52. The SMILES string of the molecule is COC(=O)C1CN(C(=O)c2cccn2C2CC2)CCO1. The Balaban J connectivity index is 1.73. The normalized spacial score (nSPS) is 22.6. The Hall–Kier alpha value is -1.82. The number of nitrogens with zero attached hydrogens (tertiary/aromatic N) is 2. The van der Waals surface area contributed by atoms with E-state index in [1.54, 1.807) is 4.90 Å². The van der Waals surface area contributed by atoms with Gasteiger partial charge >= 0.3 is 5.97 Å². The van der Waals surface area contributed by atoms with Gasteiger partial charge in [0.15, 0.2) is 6.10 Å². The molecule has 2 fully saturated rings. The number of morpholine rings is 1. The first-order valence-corrected chi connectivity index (χ1v) is 6.86. The van der Waals surface area contributed by atoms with Gasteiger partial charge in [0.25, 0.3) is 5.91 Å². The van der Waals surface area contributed by atoms with Gasteiger partial charge in [-0.05, 0) is 25.0 Å². The second kappa shape index (κ2) is 5.28. The number of methoxy groups -OCH3 is 1. The molecule has 1 aromatic rings. The molecule has 108 valence electrons. The van der Waals surface area contributed by atoms with Gasteiger partial charge in [-0.25, -0.2) is 4.79 Å². The van der Waals surface area contributed by atoms with Crippen LogP contribution in [0.4, 0.5) is 0 Å². The summed E-state index contributed by atoms with van der Waals surface area (Å²) in [5.74, 6) is -0.473. The molecule has 1 aliphatic heterocycles. The molecule has 1 saturated heterocycles. The number of aromatic nitrogens is 1. The summed E-state index contributed by atoms with van der Waals surface area (Å²) in [4.78, 5) is 25.8. The number of hydrogen-bond donors (Lipinski definition) is 0. The minimum absolute atomic E-state index is 0.0425. The Morgan fingerprint density at radius 1 is 1.40 bits per heavy atom. The Bertz CT molecular complexity index is 521. The predicted molar refractivity (Wildman–Crippen MR) is 70.4 cm³/mol. The van der Waals surface area contributed by atoms with Gasteiger partial charge in [-0.15, -0.1) is 0 Å². The maximum atomic E-state index is 12.6. The summed E-state index contributed by atoms with van der Waals surface area (Å²) in [5, 5.41) is 0. The van der Waals surface area contributed by atoms with Gasteiger partial charge in [0.05, 0.1) is 20.3 Å². The molecule has 3 rings (SSSR count). The van der Waals surface area contributed by atoms with E-state index in [0.29, 0.717) is 24.9 Å². The van der Waals surface area contributed by atoms with Gasteiger partial charge in [-0.3, -0.25) is 4.79 Å². The molecule has 0 N–H and O–H groups in total. The zero-order chi connectivity index (χ0) is 14.1. The number of ether oxygens (including phenoxy) is 2. The number of rotatable bonds is 3. The lowest BCUT2D eigenvalue weighted by Crippen LogP contribution is -2.49. The van der Waals surface area contributed by atoms with Gasteiger partial charge in [-0.1, -0.05) is 0 Å². The summed E-state index contributed by atoms with van der Waals surface area (Å²) in [5.41, 5.74) is 0.693. The molecule has 2 heterocycles. The van der Waals surface area contributed by atoms with Crippen molar-refractivity contribution in [3.05, 3.63) is 24.0 Å². The molecule has 2 aliphatic rings. The third-order valence-electron chi connectivity index (χ3n) is 3.76. The minimum Gasteiger partial charge on any atom is -0.467 e. The van der Waals surface area contributed by atoms with Crippen LogP contribution in [0.1, 0.15) is 29.4 Å². The zero-order valence-corrected chi connectivity index (χ0v) is 11.4. The fraction of sp³-hybridized carbons (Fsp3) is 0.571. The van der Waals surface area contributed by atoms with Crippen molar-refractivity contribution in [1.29, 1.82) is 0 Å². The van der Waals surface area contributed by atoms with Crippen LogP contribution in [0.5, 0.6) is 0 Å². The van der Waals surface area contributed by atoms with E-state index in [0.717, 1.165) is 12.8 Å². The molecule has 1 unspecified atom stereocenters. The van der Waals surface area contributed by atoms with Crippen molar-refractivity contribution in [3.8, 4) is 0 Å². The van der Waals surface area contributed by atoms with Crippen LogP contribution in [0.15, 0.2) is 18.3 Å². The summed E-state index contributed by atoms with van der Waals surface area (Å²) >= 11 is 0. The first-order valence-electron chi connectivity index (χ1n) is 6.86. The van der Waals surface area contributed by atoms with Gasteiger partial charge < -0.3 is 18.9 Å². The molecule has 1 aromatic heterocycles. The van der Waals surface area contributed by atoms with E-state index in [4.69, 9.17) is 4.74 Å². The standard InChI is InChI=1S/C14H18N2O4/c1-19-14(18)12-9-15(7-8-20-12)13(17)11-3-2-6-16(11)10-4-5-10/h2-3,6,10,12H,4-5,7-9H2,1H3. The first-order chi connectivity index (χ1) is 9.70. The topological polar surface area (TPSA) is 60.8 Å². The quantitative estimate of drug-likeness (QED) is 0.769. The van der Waals surface area contributed by atoms with Gasteiger partial charge in [0.1, 0.15) is 5.69 Å². The van der Waals surface area contributed by atoms with Crippen molar-refractivity contribution in [1.82, 2.24) is 9.47 Å². The molecule has 1 amide bonds. The lowest BCUT2D eigenvalue weighted by molar-refractivity contribution is -0.158. The number of carbonyl (C=O) groups is 2. The van der Waals surface area contributed by atoms with Crippen LogP contribution in [-0.4, -0.2) is 54.3 Å². The Kier molecular flexibility index (Phi) is 3.48. The molecule has 1 saturated carbocycles. The predicted octanol–water partition coefficient (Wildman–Crippen LogP) is 0.837. The Morgan fingerprint density at radius 3 is 2.90 bits per heavy atom. The number of carbonyl (C=O) groups excluding carboxylic acids is 2. The maximum Gasteiger partial charge on any atom is 0.336 e. The monoisotopic (exact) mass is 278 g/mol. The van der Waals surface area contributed by atoms with Crippen LogP contribution < -0.4 is 0 Å². The summed E-state index contributed by atoms with van der Waals surface area (Å²) in [7, 11) is 1.32. The van der Waals surface area contributed by atoms with Crippen LogP contribution in [0.3, 0.4) is 0 Å². The van der Waals surface area contributed by atoms with Crippen LogP contribution >= 0.6 is 0 Å². The third-order valence-corrected chi connectivity index (χ3v) is 3.76. The first kappa shape index (κ1) is 13.2. The number of amides is 1. The summed E-state index contributed by atoms with van der Waals surface area (Å²) in [6.07, 6.45) is 3.52. The molecule has 20 heavy (non-hydrogen) atoms. The van der Waals surface area contributed by atoms with E-state index in [1.165, 1.54) is 7.11 Å². The van der Waals surface area contributed by atoms with E-state index >= 15 is 0 Å². The highest BCUT2D eigenvalue weighted by Crippen LogP contribution is 2.36. The number of esters is 1. The third kappa shape index (κ3) is 2.43. The van der Waals surface area contributed by atoms with E-state index < -0.39 is 12.1 Å². The molecule has 6 heteroatoms.